The first-order valence-corrected chi connectivity index (χ1v) is 16.4. The van der Waals surface area contributed by atoms with Crippen LogP contribution in [0.2, 0.25) is 0 Å². The standard InChI is InChI=1S/C29H44N7O10P/c1-18(2)15-23(27(32)40)34-26(39)17-36(14-6-4-5-13-30)29(42)22(11-12-25(31)38)35-28(41)24(33-19(3)37)16-20-7-9-21(10-8-20)46-47(43,44)45/h7-10,18,22-24H,4-6,11-12,14-17H2,1-3H3,(H2,31,38)(H2,32,40)(H,33,37)(H,34,39)(H,35,41)(H2,43,44,45)/t22-,23-,24-/m0/s1. The van der Waals surface area contributed by atoms with Gasteiger partial charge in [-0.15, -0.1) is 0 Å². The minimum Gasteiger partial charge on any atom is -0.404 e. The van der Waals surface area contributed by atoms with Gasteiger partial charge in [0, 0.05) is 32.7 Å². The van der Waals surface area contributed by atoms with Gasteiger partial charge in [0.15, 0.2) is 0 Å². The number of rotatable bonds is 21. The van der Waals surface area contributed by atoms with E-state index in [4.69, 9.17) is 26.5 Å². The lowest BCUT2D eigenvalue weighted by molar-refractivity contribution is -0.140. The third-order valence-electron chi connectivity index (χ3n) is 6.57. The van der Waals surface area contributed by atoms with Crippen LogP contribution in [-0.2, 0) is 39.8 Å². The lowest BCUT2D eigenvalue weighted by atomic mass is 10.0. The lowest BCUT2D eigenvalue weighted by Gasteiger charge is -2.29. The summed E-state index contributed by atoms with van der Waals surface area (Å²) >= 11 is 0. The normalized spacial score (nSPS) is 13.0. The molecule has 260 valence electrons. The Morgan fingerprint density at radius 3 is 2.13 bits per heavy atom. The number of carbonyl (C=O) groups excluding carboxylic acids is 6. The Bertz CT molecular complexity index is 1340. The summed E-state index contributed by atoms with van der Waals surface area (Å²) < 4.78 is 15.6. The summed E-state index contributed by atoms with van der Waals surface area (Å²) in [5, 5.41) is 16.5. The van der Waals surface area contributed by atoms with Crippen molar-refractivity contribution in [3.05, 3.63) is 29.8 Å². The van der Waals surface area contributed by atoms with Gasteiger partial charge in [0.05, 0.1) is 12.6 Å². The molecule has 1 aromatic carbocycles. The van der Waals surface area contributed by atoms with Gasteiger partial charge in [-0.1, -0.05) is 26.0 Å². The molecule has 6 amide bonds. The maximum absolute atomic E-state index is 13.8. The number of benzene rings is 1. The van der Waals surface area contributed by atoms with Crippen molar-refractivity contribution in [2.45, 2.75) is 83.8 Å². The molecule has 0 saturated heterocycles. The molecule has 0 spiro atoms. The molecule has 47 heavy (non-hydrogen) atoms. The first-order chi connectivity index (χ1) is 21.9. The molecule has 9 N–H and O–H groups in total. The van der Waals surface area contributed by atoms with E-state index in [1.165, 1.54) is 31.2 Å². The van der Waals surface area contributed by atoms with Gasteiger partial charge in [-0.2, -0.15) is 5.26 Å². The molecular weight excluding hydrogens is 637 g/mol. The number of nitriles is 1. The molecule has 3 atom stereocenters. The Hall–Kier alpha value is -4.52. The van der Waals surface area contributed by atoms with Crippen molar-refractivity contribution in [1.82, 2.24) is 20.9 Å². The van der Waals surface area contributed by atoms with Crippen LogP contribution in [0.15, 0.2) is 24.3 Å². The quantitative estimate of drug-likeness (QED) is 0.0641. The van der Waals surface area contributed by atoms with Gasteiger partial charge in [-0.05, 0) is 49.3 Å². The van der Waals surface area contributed by atoms with Crippen molar-refractivity contribution in [3.63, 3.8) is 0 Å². The van der Waals surface area contributed by atoms with Crippen LogP contribution in [0.1, 0.15) is 64.9 Å². The number of nitrogens with one attached hydrogen (secondary N) is 3. The van der Waals surface area contributed by atoms with Crippen LogP contribution in [0.3, 0.4) is 0 Å². The summed E-state index contributed by atoms with van der Waals surface area (Å²) in [4.78, 5) is 94.8. The average molecular weight is 682 g/mol. The minimum atomic E-state index is -4.80. The van der Waals surface area contributed by atoms with E-state index in [9.17, 15) is 33.3 Å². The Kier molecular flexibility index (Phi) is 17.1. The monoisotopic (exact) mass is 681 g/mol. The zero-order valence-electron chi connectivity index (χ0n) is 26.6. The summed E-state index contributed by atoms with van der Waals surface area (Å²) in [7, 11) is -4.80. The molecule has 0 saturated carbocycles. The highest BCUT2D eigenvalue weighted by atomic mass is 31.2. The van der Waals surface area contributed by atoms with E-state index in [1.807, 2.05) is 19.9 Å². The van der Waals surface area contributed by atoms with E-state index in [1.54, 1.807) is 0 Å². The number of nitrogens with zero attached hydrogens (tertiary/aromatic N) is 2. The van der Waals surface area contributed by atoms with Crippen molar-refractivity contribution in [1.29, 1.82) is 5.26 Å². The number of phosphoric acid groups is 1. The zero-order valence-corrected chi connectivity index (χ0v) is 27.5. The van der Waals surface area contributed by atoms with Gasteiger partial charge in [-0.3, -0.25) is 38.6 Å². The Morgan fingerprint density at radius 2 is 1.62 bits per heavy atom. The van der Waals surface area contributed by atoms with Crippen LogP contribution in [0.4, 0.5) is 0 Å². The highest BCUT2D eigenvalue weighted by molar-refractivity contribution is 7.46. The summed E-state index contributed by atoms with van der Waals surface area (Å²) in [5.74, 6) is -4.44. The van der Waals surface area contributed by atoms with E-state index in [0.29, 0.717) is 18.4 Å². The third-order valence-corrected chi connectivity index (χ3v) is 7.02. The van der Waals surface area contributed by atoms with E-state index >= 15 is 0 Å². The van der Waals surface area contributed by atoms with Crippen LogP contribution in [0.5, 0.6) is 5.75 Å². The van der Waals surface area contributed by atoms with Crippen LogP contribution < -0.4 is 31.9 Å². The fourth-order valence-corrected chi connectivity index (χ4v) is 4.85. The van der Waals surface area contributed by atoms with Crippen molar-refractivity contribution >= 4 is 43.3 Å². The molecule has 18 heteroatoms. The number of hydrogen-bond acceptors (Lipinski definition) is 9. The first kappa shape index (κ1) is 40.5. The maximum Gasteiger partial charge on any atom is 0.524 e. The predicted octanol–water partition coefficient (Wildman–Crippen LogP) is -0.506. The number of phosphoric ester groups is 1. The van der Waals surface area contributed by atoms with Crippen LogP contribution >= 0.6 is 7.82 Å². The molecular formula is C29H44N7O10P. The van der Waals surface area contributed by atoms with Gasteiger partial charge in [0.1, 0.15) is 23.9 Å². The molecule has 1 rings (SSSR count). The van der Waals surface area contributed by atoms with Crippen LogP contribution in [-0.4, -0.2) is 81.3 Å². The molecule has 0 fully saturated rings. The summed E-state index contributed by atoms with van der Waals surface area (Å²) in [6.45, 7) is 4.33. The SMILES string of the molecule is CC(=O)N[C@@H](Cc1ccc(OP(=O)(O)O)cc1)C(=O)N[C@@H](CCC(N)=O)C(=O)N(CCCCC#N)CC(=O)N[C@@H](CC(C)C)C(N)=O. The molecule has 0 aliphatic rings. The maximum atomic E-state index is 13.8. The van der Waals surface area contributed by atoms with E-state index in [2.05, 4.69) is 20.5 Å². The smallest absolute Gasteiger partial charge is 0.404 e. The van der Waals surface area contributed by atoms with Gasteiger partial charge in [-0.25, -0.2) is 4.57 Å². The van der Waals surface area contributed by atoms with E-state index in [-0.39, 0.29) is 50.3 Å². The predicted molar refractivity (Wildman–Crippen MR) is 167 cm³/mol. The first-order valence-electron chi connectivity index (χ1n) is 14.9. The second-order valence-electron chi connectivity index (χ2n) is 11.3. The zero-order chi connectivity index (χ0) is 35.7. The van der Waals surface area contributed by atoms with Crippen molar-refractivity contribution in [3.8, 4) is 11.8 Å². The summed E-state index contributed by atoms with van der Waals surface area (Å²) in [5.41, 5.74) is 11.2. The van der Waals surface area contributed by atoms with Gasteiger partial charge in [0.25, 0.3) is 0 Å². The topological polar surface area (TPSA) is 284 Å². The molecule has 0 unspecified atom stereocenters. The van der Waals surface area contributed by atoms with Gasteiger partial charge < -0.3 is 36.8 Å². The lowest BCUT2D eigenvalue weighted by Crippen LogP contribution is -2.56. The second kappa shape index (κ2) is 19.9. The second-order valence-corrected chi connectivity index (χ2v) is 12.4. The molecule has 1 aromatic rings. The molecule has 0 aliphatic carbocycles. The number of nitrogens with two attached hydrogens (primary N) is 2. The molecule has 0 heterocycles. The number of primary amides is 2. The average Bonchev–Trinajstić information content (AvgIpc) is 2.95. The van der Waals surface area contributed by atoms with E-state index in [0.717, 1.165) is 4.90 Å². The van der Waals surface area contributed by atoms with E-state index < -0.39 is 67.9 Å². The number of amides is 6. The van der Waals surface area contributed by atoms with Crippen LogP contribution in [0, 0.1) is 17.2 Å². The largest absolute Gasteiger partial charge is 0.524 e. The Morgan fingerprint density at radius 1 is 0.979 bits per heavy atom. The summed E-state index contributed by atoms with van der Waals surface area (Å²) in [6.07, 6.45) is 0.523. The molecule has 0 aliphatic heterocycles. The highest BCUT2D eigenvalue weighted by Gasteiger charge is 2.31. The van der Waals surface area contributed by atoms with Crippen molar-refractivity contribution < 1.29 is 47.6 Å². The van der Waals surface area contributed by atoms with Gasteiger partial charge in [0.2, 0.25) is 35.4 Å². The number of hydrogen-bond donors (Lipinski definition) is 7. The fraction of sp³-hybridized carbons (Fsp3) is 0.552. The fourth-order valence-electron chi connectivity index (χ4n) is 4.46. The number of unbranched alkanes of at least 4 members (excludes halogenated alkanes) is 2. The van der Waals surface area contributed by atoms with Crippen molar-refractivity contribution in [2.75, 3.05) is 13.1 Å². The van der Waals surface area contributed by atoms with Crippen molar-refractivity contribution in [2.24, 2.45) is 17.4 Å². The Balaban J connectivity index is 3.27. The minimum absolute atomic E-state index is 0.000446. The molecule has 0 radical (unpaired) electrons. The third kappa shape index (κ3) is 17.1. The number of carbonyl (C=O) groups is 6. The van der Waals surface area contributed by atoms with Crippen LogP contribution in [0.25, 0.3) is 0 Å². The van der Waals surface area contributed by atoms with Gasteiger partial charge >= 0.3 is 7.82 Å². The Labute approximate surface area is 273 Å². The summed E-state index contributed by atoms with van der Waals surface area (Å²) in [6, 6.07) is 3.77. The molecule has 0 bridgehead atoms. The molecule has 0 aromatic heterocycles. The molecule has 17 nitrogen and oxygen atoms in total. The highest BCUT2D eigenvalue weighted by Crippen LogP contribution is 2.37.